The number of nitriles is 1. The number of carbonyl (C=O) groups is 1. The summed E-state index contributed by atoms with van der Waals surface area (Å²) in [5.41, 5.74) is 5.01. The zero-order chi connectivity index (χ0) is 25.9. The lowest BCUT2D eigenvalue weighted by atomic mass is 9.93. The number of furan rings is 1. The average molecular weight is 500 g/mol. The van der Waals surface area contributed by atoms with Gasteiger partial charge in [-0.2, -0.15) is 5.26 Å². The maximum Gasteiger partial charge on any atom is 0.374 e. The van der Waals surface area contributed by atoms with E-state index in [-0.39, 0.29) is 5.76 Å². The Balaban J connectivity index is 1.17. The number of rotatable bonds is 7. The zero-order valence-electron chi connectivity index (χ0n) is 21.2. The molecule has 1 fully saturated rings. The molecule has 0 unspecified atom stereocenters. The first-order valence-electron chi connectivity index (χ1n) is 12.3. The number of pyridine rings is 1. The van der Waals surface area contributed by atoms with Crippen molar-refractivity contribution in [2.24, 2.45) is 7.05 Å². The number of fused-ring (bicyclic) bond motifs is 1. The van der Waals surface area contributed by atoms with Gasteiger partial charge in [-0.15, -0.1) is 0 Å². The summed E-state index contributed by atoms with van der Waals surface area (Å²) in [6, 6.07) is 15.4. The maximum atomic E-state index is 11.7. The van der Waals surface area contributed by atoms with Gasteiger partial charge in [0, 0.05) is 30.8 Å². The van der Waals surface area contributed by atoms with Crippen LogP contribution in [0.25, 0.3) is 11.2 Å². The lowest BCUT2D eigenvalue weighted by Crippen LogP contribution is -2.33. The Bertz CT molecular complexity index is 1470. The number of nitrogens with zero attached hydrogens (tertiary/aromatic N) is 5. The molecule has 0 bridgehead atoms. The summed E-state index contributed by atoms with van der Waals surface area (Å²) in [6.07, 6.45) is 2.00. The van der Waals surface area contributed by atoms with Crippen LogP contribution in [-0.4, -0.2) is 45.6 Å². The normalized spacial score (nSPS) is 14.5. The highest BCUT2D eigenvalue weighted by Gasteiger charge is 2.24. The van der Waals surface area contributed by atoms with E-state index < -0.39 is 5.97 Å². The molecule has 0 saturated carbocycles. The van der Waals surface area contributed by atoms with Crippen LogP contribution in [-0.2, 0) is 24.9 Å². The van der Waals surface area contributed by atoms with Gasteiger partial charge in [0.1, 0.15) is 17.9 Å². The van der Waals surface area contributed by atoms with E-state index in [2.05, 4.69) is 22.0 Å². The van der Waals surface area contributed by atoms with Gasteiger partial charge in [-0.05, 0) is 62.2 Å². The molecule has 4 heterocycles. The van der Waals surface area contributed by atoms with E-state index in [4.69, 9.17) is 24.1 Å². The number of piperidine rings is 1. The summed E-state index contributed by atoms with van der Waals surface area (Å²) in [5, 5.41) is 9.06. The van der Waals surface area contributed by atoms with Gasteiger partial charge in [0.15, 0.2) is 0 Å². The van der Waals surface area contributed by atoms with Crippen LogP contribution in [0, 0.1) is 18.3 Å². The third-order valence-corrected chi connectivity index (χ3v) is 6.98. The van der Waals surface area contributed by atoms with E-state index in [1.165, 1.54) is 7.11 Å². The fourth-order valence-electron chi connectivity index (χ4n) is 4.77. The Morgan fingerprint density at radius 1 is 1.19 bits per heavy atom. The number of hydrogen-bond acceptors (Lipinski definition) is 8. The predicted octanol–water partition coefficient (Wildman–Crippen LogP) is 4.49. The molecule has 1 saturated heterocycles. The second-order valence-corrected chi connectivity index (χ2v) is 9.37. The number of benzene rings is 1. The highest BCUT2D eigenvalue weighted by molar-refractivity contribution is 5.90. The molecule has 0 radical (unpaired) electrons. The molecular formula is C28H29N5O4. The topological polar surface area (TPSA) is 106 Å². The van der Waals surface area contributed by atoms with Crippen molar-refractivity contribution in [3.8, 4) is 11.9 Å². The first-order valence-corrected chi connectivity index (χ1v) is 12.3. The summed E-state index contributed by atoms with van der Waals surface area (Å²) in [6.45, 7) is 4.98. The molecule has 0 spiro atoms. The Labute approximate surface area is 215 Å². The summed E-state index contributed by atoms with van der Waals surface area (Å²) in [4.78, 5) is 23.6. The lowest BCUT2D eigenvalue weighted by molar-refractivity contribution is 0.0567. The van der Waals surface area contributed by atoms with Crippen LogP contribution in [0.1, 0.15) is 57.5 Å². The SMILES string of the molecule is COC(=O)c1cc2nc(CN3CCC(c4cccc(OCc5ccc(C#N)cc5C)n4)CC3)n(C)c2o1. The highest BCUT2D eigenvalue weighted by Crippen LogP contribution is 2.29. The molecule has 0 amide bonds. The number of carbonyl (C=O) groups excluding carboxylic acids is 1. The highest BCUT2D eigenvalue weighted by atomic mass is 16.5. The second kappa shape index (κ2) is 10.4. The van der Waals surface area contributed by atoms with Crippen LogP contribution in [0.5, 0.6) is 5.88 Å². The molecule has 1 aliphatic rings. The Morgan fingerprint density at radius 2 is 2.00 bits per heavy atom. The quantitative estimate of drug-likeness (QED) is 0.343. The minimum atomic E-state index is -0.505. The van der Waals surface area contributed by atoms with Crippen molar-refractivity contribution in [2.45, 2.75) is 38.8 Å². The number of aromatic nitrogens is 3. The zero-order valence-corrected chi connectivity index (χ0v) is 21.2. The van der Waals surface area contributed by atoms with Crippen LogP contribution in [0.15, 0.2) is 46.9 Å². The first kappa shape index (κ1) is 24.5. The van der Waals surface area contributed by atoms with Crippen LogP contribution >= 0.6 is 0 Å². The van der Waals surface area contributed by atoms with Gasteiger partial charge >= 0.3 is 5.97 Å². The summed E-state index contributed by atoms with van der Waals surface area (Å²) in [5.74, 6) is 1.54. The van der Waals surface area contributed by atoms with Crippen molar-refractivity contribution < 1.29 is 18.7 Å². The number of methoxy groups -OCH3 is 1. The van der Waals surface area contributed by atoms with Gasteiger partial charge < -0.3 is 18.5 Å². The van der Waals surface area contributed by atoms with Gasteiger partial charge in [0.2, 0.25) is 17.4 Å². The number of esters is 1. The van der Waals surface area contributed by atoms with Crippen LogP contribution < -0.4 is 4.74 Å². The number of imidazole rings is 1. The molecule has 0 N–H and O–H groups in total. The van der Waals surface area contributed by atoms with E-state index in [1.807, 2.05) is 48.9 Å². The van der Waals surface area contributed by atoms with Crippen molar-refractivity contribution in [1.29, 1.82) is 5.26 Å². The van der Waals surface area contributed by atoms with Crippen LogP contribution in [0.3, 0.4) is 0 Å². The molecule has 1 aliphatic heterocycles. The van der Waals surface area contributed by atoms with Crippen molar-refractivity contribution >= 4 is 17.2 Å². The predicted molar refractivity (Wildman–Crippen MR) is 136 cm³/mol. The molecule has 1 aromatic carbocycles. The number of aryl methyl sites for hydroxylation is 2. The average Bonchev–Trinajstić information content (AvgIpc) is 3.47. The van der Waals surface area contributed by atoms with Crippen LogP contribution in [0.2, 0.25) is 0 Å². The summed E-state index contributed by atoms with van der Waals surface area (Å²) >= 11 is 0. The third kappa shape index (κ3) is 5.20. The summed E-state index contributed by atoms with van der Waals surface area (Å²) < 4.78 is 18.3. The standard InChI is InChI=1S/C28H29N5O4/c1-18-13-19(15-29)7-8-21(18)17-36-26-6-4-5-22(31-26)20-9-11-33(12-10-20)16-25-30-23-14-24(28(34)35-3)37-27(23)32(25)2/h4-8,13-14,20H,9-12,16-17H2,1-3H3. The molecule has 190 valence electrons. The second-order valence-electron chi connectivity index (χ2n) is 9.37. The monoisotopic (exact) mass is 499 g/mol. The number of likely N-dealkylation sites (tertiary alicyclic amines) is 1. The molecular weight excluding hydrogens is 470 g/mol. The van der Waals surface area contributed by atoms with Gasteiger partial charge in [-0.25, -0.2) is 14.8 Å². The van der Waals surface area contributed by atoms with Gasteiger partial charge in [-0.1, -0.05) is 12.1 Å². The number of hydrogen-bond donors (Lipinski definition) is 0. The molecule has 9 heteroatoms. The fourth-order valence-corrected chi connectivity index (χ4v) is 4.77. The van der Waals surface area contributed by atoms with E-state index >= 15 is 0 Å². The Hall–Kier alpha value is -4.16. The molecule has 3 aromatic heterocycles. The van der Waals surface area contributed by atoms with E-state index in [0.717, 1.165) is 48.6 Å². The van der Waals surface area contributed by atoms with Crippen molar-refractivity contribution in [2.75, 3.05) is 20.2 Å². The lowest BCUT2D eigenvalue weighted by Gasteiger charge is -2.31. The molecule has 37 heavy (non-hydrogen) atoms. The molecule has 0 aliphatic carbocycles. The summed E-state index contributed by atoms with van der Waals surface area (Å²) in [7, 11) is 3.23. The van der Waals surface area contributed by atoms with Gasteiger partial charge in [0.25, 0.3) is 0 Å². The van der Waals surface area contributed by atoms with Crippen molar-refractivity contribution in [3.63, 3.8) is 0 Å². The van der Waals surface area contributed by atoms with E-state index in [9.17, 15) is 4.79 Å². The van der Waals surface area contributed by atoms with E-state index in [1.54, 1.807) is 6.07 Å². The minimum absolute atomic E-state index is 0.161. The van der Waals surface area contributed by atoms with Gasteiger partial charge in [0.05, 0.1) is 25.3 Å². The molecule has 9 nitrogen and oxygen atoms in total. The first-order chi connectivity index (χ1) is 17.9. The Kier molecular flexibility index (Phi) is 6.93. The largest absolute Gasteiger partial charge is 0.473 e. The van der Waals surface area contributed by atoms with Crippen molar-refractivity contribution in [3.05, 3.63) is 76.4 Å². The van der Waals surface area contributed by atoms with Crippen LogP contribution in [0.4, 0.5) is 0 Å². The van der Waals surface area contributed by atoms with E-state index in [0.29, 0.717) is 41.7 Å². The Morgan fingerprint density at radius 3 is 2.70 bits per heavy atom. The fraction of sp³-hybridized carbons (Fsp3) is 0.357. The molecule has 0 atom stereocenters. The van der Waals surface area contributed by atoms with Crippen molar-refractivity contribution in [1.82, 2.24) is 19.4 Å². The van der Waals surface area contributed by atoms with Gasteiger partial charge in [-0.3, -0.25) is 4.90 Å². The number of ether oxygens (including phenoxy) is 2. The minimum Gasteiger partial charge on any atom is -0.473 e. The smallest absolute Gasteiger partial charge is 0.374 e. The third-order valence-electron chi connectivity index (χ3n) is 6.98. The maximum absolute atomic E-state index is 11.7. The molecule has 4 aromatic rings. The molecule has 5 rings (SSSR count).